The van der Waals surface area contributed by atoms with Gasteiger partial charge in [-0.2, -0.15) is 0 Å². The van der Waals surface area contributed by atoms with Gasteiger partial charge in [-0.1, -0.05) is 30.3 Å². The molecular formula is C20H18O5. The Bertz CT molecular complexity index is 806. The summed E-state index contributed by atoms with van der Waals surface area (Å²) in [4.78, 5) is 12.2. The van der Waals surface area contributed by atoms with Gasteiger partial charge in [0.1, 0.15) is 24.7 Å². The van der Waals surface area contributed by atoms with Gasteiger partial charge in [-0.3, -0.25) is 0 Å². The molecule has 0 saturated carbocycles. The van der Waals surface area contributed by atoms with Crippen LogP contribution >= 0.6 is 0 Å². The molecule has 3 aromatic rings. The second kappa shape index (κ2) is 8.06. The largest absolute Gasteiger partial charge is 0.497 e. The molecule has 5 nitrogen and oxygen atoms in total. The number of ether oxygens (including phenoxy) is 3. The molecule has 3 rings (SSSR count). The number of benzene rings is 2. The highest BCUT2D eigenvalue weighted by atomic mass is 16.5. The lowest BCUT2D eigenvalue weighted by Gasteiger charge is -2.07. The molecule has 2 aromatic carbocycles. The minimum atomic E-state index is -0.521. The fourth-order valence-electron chi connectivity index (χ4n) is 2.24. The van der Waals surface area contributed by atoms with Crippen LogP contribution in [0.15, 0.2) is 71.3 Å². The Morgan fingerprint density at radius 2 is 1.68 bits per heavy atom. The number of hydrogen-bond donors (Lipinski definition) is 0. The average molecular weight is 338 g/mol. The Balaban J connectivity index is 1.58. The quantitative estimate of drug-likeness (QED) is 0.604. The summed E-state index contributed by atoms with van der Waals surface area (Å²) in [5.41, 5.74) is 1.51. The number of furan rings is 1. The van der Waals surface area contributed by atoms with Gasteiger partial charge in [-0.05, 0) is 35.9 Å². The van der Waals surface area contributed by atoms with Crippen molar-refractivity contribution >= 4 is 5.97 Å². The summed E-state index contributed by atoms with van der Waals surface area (Å²) in [6, 6.07) is 18.4. The number of methoxy groups -OCH3 is 1. The maximum atomic E-state index is 12.2. The van der Waals surface area contributed by atoms with Crippen molar-refractivity contribution in [3.8, 4) is 11.5 Å². The smallest absolute Gasteiger partial charge is 0.374 e. The minimum absolute atomic E-state index is 0.155. The van der Waals surface area contributed by atoms with Gasteiger partial charge in [-0.25, -0.2) is 4.79 Å². The molecule has 25 heavy (non-hydrogen) atoms. The number of rotatable bonds is 7. The molecule has 0 aliphatic carbocycles. The Hall–Kier alpha value is -3.21. The zero-order valence-corrected chi connectivity index (χ0v) is 13.8. The van der Waals surface area contributed by atoms with Crippen LogP contribution in [0, 0.1) is 0 Å². The molecule has 0 radical (unpaired) electrons. The number of hydrogen-bond acceptors (Lipinski definition) is 5. The van der Waals surface area contributed by atoms with Crippen LogP contribution in [0.4, 0.5) is 0 Å². The second-order valence-electron chi connectivity index (χ2n) is 5.30. The van der Waals surface area contributed by atoms with E-state index < -0.39 is 5.97 Å². The normalized spacial score (nSPS) is 10.3. The van der Waals surface area contributed by atoms with E-state index in [1.807, 2.05) is 54.6 Å². The van der Waals surface area contributed by atoms with Crippen molar-refractivity contribution in [2.45, 2.75) is 13.2 Å². The van der Waals surface area contributed by atoms with E-state index in [1.165, 1.54) is 6.26 Å². The summed E-state index contributed by atoms with van der Waals surface area (Å²) in [5.74, 6) is 1.11. The van der Waals surface area contributed by atoms with E-state index in [9.17, 15) is 4.79 Å². The molecule has 0 unspecified atom stereocenters. The fraction of sp³-hybridized carbons (Fsp3) is 0.150. The molecule has 0 aliphatic rings. The van der Waals surface area contributed by atoms with Gasteiger partial charge < -0.3 is 18.6 Å². The van der Waals surface area contributed by atoms with Crippen LogP contribution in [0.25, 0.3) is 0 Å². The van der Waals surface area contributed by atoms with Gasteiger partial charge in [0.25, 0.3) is 0 Å². The first kappa shape index (κ1) is 16.6. The summed E-state index contributed by atoms with van der Waals surface area (Å²) < 4.78 is 21.3. The lowest BCUT2D eigenvalue weighted by atomic mass is 10.2. The lowest BCUT2D eigenvalue weighted by Crippen LogP contribution is -2.08. The first-order valence-electron chi connectivity index (χ1n) is 7.80. The van der Waals surface area contributed by atoms with Gasteiger partial charge in [0.05, 0.1) is 13.4 Å². The Labute approximate surface area is 145 Å². The molecule has 0 saturated heterocycles. The van der Waals surface area contributed by atoms with Crippen molar-refractivity contribution in [1.82, 2.24) is 0 Å². The third-order valence-electron chi connectivity index (χ3n) is 3.60. The van der Waals surface area contributed by atoms with Crippen LogP contribution in [0.3, 0.4) is 0 Å². The zero-order chi connectivity index (χ0) is 17.5. The minimum Gasteiger partial charge on any atom is -0.497 e. The fourth-order valence-corrected chi connectivity index (χ4v) is 2.24. The maximum absolute atomic E-state index is 12.2. The van der Waals surface area contributed by atoms with Crippen LogP contribution in [0.1, 0.15) is 21.7 Å². The van der Waals surface area contributed by atoms with Crippen LogP contribution in [-0.2, 0) is 18.0 Å². The third-order valence-corrected chi connectivity index (χ3v) is 3.60. The van der Waals surface area contributed by atoms with Gasteiger partial charge in [0.2, 0.25) is 5.76 Å². The molecule has 0 amide bonds. The van der Waals surface area contributed by atoms with Crippen molar-refractivity contribution in [2.24, 2.45) is 0 Å². The van der Waals surface area contributed by atoms with Crippen molar-refractivity contribution < 1.29 is 23.4 Å². The SMILES string of the molecule is COc1ccc(COC(=O)c2occc2COc2ccccc2)cc1. The molecule has 5 heteroatoms. The predicted molar refractivity (Wildman–Crippen MR) is 91.6 cm³/mol. The van der Waals surface area contributed by atoms with Crippen LogP contribution in [-0.4, -0.2) is 13.1 Å². The number of carbonyl (C=O) groups excluding carboxylic acids is 1. The zero-order valence-electron chi connectivity index (χ0n) is 13.8. The lowest BCUT2D eigenvalue weighted by molar-refractivity contribution is 0.0432. The second-order valence-corrected chi connectivity index (χ2v) is 5.30. The molecule has 0 bridgehead atoms. The molecule has 0 aliphatic heterocycles. The highest BCUT2D eigenvalue weighted by molar-refractivity contribution is 5.87. The van der Waals surface area contributed by atoms with Gasteiger partial charge in [0.15, 0.2) is 0 Å². The van der Waals surface area contributed by atoms with Crippen LogP contribution < -0.4 is 9.47 Å². The highest BCUT2D eigenvalue weighted by Crippen LogP contribution is 2.18. The summed E-state index contributed by atoms with van der Waals surface area (Å²) in [5, 5.41) is 0. The summed E-state index contributed by atoms with van der Waals surface area (Å²) >= 11 is 0. The monoisotopic (exact) mass is 338 g/mol. The molecule has 0 fully saturated rings. The van der Waals surface area contributed by atoms with Crippen molar-refractivity contribution in [1.29, 1.82) is 0 Å². The van der Waals surface area contributed by atoms with Gasteiger partial charge in [0, 0.05) is 5.56 Å². The van der Waals surface area contributed by atoms with Gasteiger partial charge in [-0.15, -0.1) is 0 Å². The number of para-hydroxylation sites is 1. The topological polar surface area (TPSA) is 57.9 Å². The van der Waals surface area contributed by atoms with Crippen LogP contribution in [0.5, 0.6) is 11.5 Å². The van der Waals surface area contributed by atoms with E-state index in [4.69, 9.17) is 18.6 Å². The Kier molecular flexibility index (Phi) is 5.36. The highest BCUT2D eigenvalue weighted by Gasteiger charge is 2.17. The first-order valence-corrected chi connectivity index (χ1v) is 7.80. The van der Waals surface area contributed by atoms with Crippen molar-refractivity contribution in [3.05, 3.63) is 83.8 Å². The van der Waals surface area contributed by atoms with E-state index in [-0.39, 0.29) is 19.0 Å². The predicted octanol–water partition coefficient (Wildman–Crippen LogP) is 4.22. The van der Waals surface area contributed by atoms with E-state index in [0.717, 1.165) is 17.1 Å². The average Bonchev–Trinajstić information content (AvgIpc) is 3.14. The molecule has 128 valence electrons. The van der Waals surface area contributed by atoms with Crippen molar-refractivity contribution in [2.75, 3.05) is 7.11 Å². The first-order chi connectivity index (χ1) is 12.3. The summed E-state index contributed by atoms with van der Waals surface area (Å²) in [6.07, 6.45) is 1.45. The molecule has 0 N–H and O–H groups in total. The third kappa shape index (κ3) is 4.41. The maximum Gasteiger partial charge on any atom is 0.374 e. The summed E-state index contributed by atoms with van der Waals surface area (Å²) in [6.45, 7) is 0.385. The Morgan fingerprint density at radius 3 is 2.40 bits per heavy atom. The molecular weight excluding hydrogens is 320 g/mol. The number of esters is 1. The van der Waals surface area contributed by atoms with Crippen LogP contribution in [0.2, 0.25) is 0 Å². The Morgan fingerprint density at radius 1 is 0.920 bits per heavy atom. The van der Waals surface area contributed by atoms with E-state index in [1.54, 1.807) is 13.2 Å². The summed E-state index contributed by atoms with van der Waals surface area (Å²) in [7, 11) is 1.60. The molecule has 1 aromatic heterocycles. The van der Waals surface area contributed by atoms with E-state index in [2.05, 4.69) is 0 Å². The van der Waals surface area contributed by atoms with Crippen molar-refractivity contribution in [3.63, 3.8) is 0 Å². The van der Waals surface area contributed by atoms with E-state index >= 15 is 0 Å². The molecule has 0 spiro atoms. The molecule has 1 heterocycles. The molecule has 0 atom stereocenters. The van der Waals surface area contributed by atoms with Gasteiger partial charge >= 0.3 is 5.97 Å². The van der Waals surface area contributed by atoms with E-state index in [0.29, 0.717) is 5.56 Å². The standard InChI is InChI=1S/C20H18O5/c1-22-17-9-7-15(8-10-17)13-25-20(21)19-16(11-12-23-19)14-24-18-5-3-2-4-6-18/h2-12H,13-14H2,1H3. The number of carbonyl (C=O) groups is 1.